The van der Waals surface area contributed by atoms with Gasteiger partial charge in [-0.15, -0.1) is 0 Å². The molecule has 0 saturated carbocycles. The summed E-state index contributed by atoms with van der Waals surface area (Å²) in [6.45, 7) is 1.20. The maximum Gasteiger partial charge on any atom is 0.255 e. The Balaban J connectivity index is 1.86. The number of amides is 1. The average Bonchev–Trinajstić information content (AvgIpc) is 2.74. The Labute approximate surface area is 115 Å². The number of pyridine rings is 1. The van der Waals surface area contributed by atoms with Gasteiger partial charge in [-0.05, 0) is 23.7 Å². The molecule has 0 saturated heterocycles. The maximum absolute atomic E-state index is 12.4. The fourth-order valence-electron chi connectivity index (χ4n) is 2.30. The highest BCUT2D eigenvalue weighted by molar-refractivity contribution is 6.28. The van der Waals surface area contributed by atoms with Crippen LogP contribution in [-0.2, 0) is 20.0 Å². The molecule has 98 valence electrons. The smallest absolute Gasteiger partial charge is 0.255 e. The third-order valence-electron chi connectivity index (χ3n) is 3.40. The van der Waals surface area contributed by atoms with E-state index in [1.807, 2.05) is 11.6 Å². The summed E-state index contributed by atoms with van der Waals surface area (Å²) < 4.78 is 1.83. The molecule has 2 aromatic heterocycles. The van der Waals surface area contributed by atoms with Gasteiger partial charge in [0.2, 0.25) is 5.28 Å². The van der Waals surface area contributed by atoms with Crippen LogP contribution in [0.25, 0.3) is 0 Å². The molecule has 19 heavy (non-hydrogen) atoms. The molecule has 0 atom stereocenters. The van der Waals surface area contributed by atoms with Gasteiger partial charge in [0.05, 0.1) is 23.5 Å². The zero-order valence-electron chi connectivity index (χ0n) is 10.5. The molecule has 1 aliphatic heterocycles. The standard InChI is InChI=1S/C13H13ClN4O/c1-17-11-8-18(6-4-10(11)16-13(17)14)12(19)9-3-2-5-15-7-9/h2-3,5,7H,4,6,8H2,1H3. The first-order chi connectivity index (χ1) is 9.16. The van der Waals surface area contributed by atoms with Crippen molar-refractivity contribution < 1.29 is 4.79 Å². The largest absolute Gasteiger partial charge is 0.332 e. The average molecular weight is 277 g/mol. The number of carbonyl (C=O) groups excluding carboxylic acids is 1. The van der Waals surface area contributed by atoms with Gasteiger partial charge < -0.3 is 9.47 Å². The predicted molar refractivity (Wildman–Crippen MR) is 70.9 cm³/mol. The summed E-state index contributed by atoms with van der Waals surface area (Å²) in [7, 11) is 1.87. The molecule has 0 aliphatic carbocycles. The number of imidazole rings is 1. The van der Waals surface area contributed by atoms with Crippen LogP contribution in [0, 0.1) is 0 Å². The van der Waals surface area contributed by atoms with Gasteiger partial charge in [-0.3, -0.25) is 9.78 Å². The molecule has 0 N–H and O–H groups in total. The van der Waals surface area contributed by atoms with Crippen LogP contribution in [0.15, 0.2) is 24.5 Å². The van der Waals surface area contributed by atoms with Gasteiger partial charge in [0.1, 0.15) is 0 Å². The van der Waals surface area contributed by atoms with Gasteiger partial charge in [0, 0.05) is 32.4 Å². The van der Waals surface area contributed by atoms with E-state index in [4.69, 9.17) is 11.6 Å². The second-order valence-corrected chi connectivity index (χ2v) is 4.89. The van der Waals surface area contributed by atoms with Crippen LogP contribution in [0.2, 0.25) is 5.28 Å². The number of hydrogen-bond donors (Lipinski definition) is 0. The third kappa shape index (κ3) is 2.10. The van der Waals surface area contributed by atoms with E-state index in [9.17, 15) is 4.79 Å². The molecular formula is C13H13ClN4O. The van der Waals surface area contributed by atoms with Crippen molar-refractivity contribution in [1.29, 1.82) is 0 Å². The first kappa shape index (κ1) is 12.2. The van der Waals surface area contributed by atoms with Gasteiger partial charge in [0.15, 0.2) is 0 Å². The number of carbonyl (C=O) groups is 1. The minimum absolute atomic E-state index is 0.00364. The van der Waals surface area contributed by atoms with E-state index in [2.05, 4.69) is 9.97 Å². The Morgan fingerprint density at radius 1 is 1.47 bits per heavy atom. The van der Waals surface area contributed by atoms with Crippen molar-refractivity contribution in [1.82, 2.24) is 19.4 Å². The number of rotatable bonds is 1. The van der Waals surface area contributed by atoms with E-state index in [0.29, 0.717) is 23.9 Å². The predicted octanol–water partition coefficient (Wildman–Crippen LogP) is 1.67. The van der Waals surface area contributed by atoms with Gasteiger partial charge in [-0.2, -0.15) is 0 Å². The van der Waals surface area contributed by atoms with Gasteiger partial charge in [-0.25, -0.2) is 4.98 Å². The number of halogens is 1. The van der Waals surface area contributed by atoms with Crippen LogP contribution in [0.3, 0.4) is 0 Å². The van der Waals surface area contributed by atoms with Crippen LogP contribution < -0.4 is 0 Å². The Bertz CT molecular complexity index is 623. The van der Waals surface area contributed by atoms with Crippen molar-refractivity contribution in [3.05, 3.63) is 46.8 Å². The van der Waals surface area contributed by atoms with Gasteiger partial charge in [0.25, 0.3) is 5.91 Å². The summed E-state index contributed by atoms with van der Waals surface area (Å²) in [5.41, 5.74) is 2.61. The molecule has 0 spiro atoms. The van der Waals surface area contributed by atoms with E-state index < -0.39 is 0 Å². The molecule has 3 heterocycles. The zero-order valence-corrected chi connectivity index (χ0v) is 11.3. The van der Waals surface area contributed by atoms with Crippen molar-refractivity contribution in [2.24, 2.45) is 7.05 Å². The molecule has 1 amide bonds. The molecule has 1 aliphatic rings. The van der Waals surface area contributed by atoms with Crippen LogP contribution in [0.1, 0.15) is 21.7 Å². The SMILES string of the molecule is Cn1c(Cl)nc2c1CN(C(=O)c1cccnc1)CC2. The van der Waals surface area contributed by atoms with E-state index in [0.717, 1.165) is 17.8 Å². The Kier molecular flexibility index (Phi) is 2.98. The van der Waals surface area contributed by atoms with Gasteiger partial charge in [-0.1, -0.05) is 0 Å². The van der Waals surface area contributed by atoms with Gasteiger partial charge >= 0.3 is 0 Å². The quantitative estimate of drug-likeness (QED) is 0.796. The highest BCUT2D eigenvalue weighted by atomic mass is 35.5. The van der Waals surface area contributed by atoms with Crippen molar-refractivity contribution in [2.45, 2.75) is 13.0 Å². The molecule has 6 heteroatoms. The minimum Gasteiger partial charge on any atom is -0.332 e. The van der Waals surface area contributed by atoms with Crippen molar-refractivity contribution in [3.8, 4) is 0 Å². The molecule has 3 rings (SSSR count). The molecule has 2 aromatic rings. The van der Waals surface area contributed by atoms with Crippen molar-refractivity contribution >= 4 is 17.5 Å². The Morgan fingerprint density at radius 3 is 3.05 bits per heavy atom. The fraction of sp³-hybridized carbons (Fsp3) is 0.308. The molecule has 0 aromatic carbocycles. The number of nitrogens with zero attached hydrogens (tertiary/aromatic N) is 4. The lowest BCUT2D eigenvalue weighted by molar-refractivity contribution is 0.0729. The number of fused-ring (bicyclic) bond motifs is 1. The van der Waals surface area contributed by atoms with E-state index >= 15 is 0 Å². The number of hydrogen-bond acceptors (Lipinski definition) is 3. The topological polar surface area (TPSA) is 51.0 Å². The Morgan fingerprint density at radius 2 is 2.32 bits per heavy atom. The lowest BCUT2D eigenvalue weighted by atomic mass is 10.1. The summed E-state index contributed by atoms with van der Waals surface area (Å²) in [4.78, 5) is 22.4. The number of aromatic nitrogens is 3. The van der Waals surface area contributed by atoms with Crippen LogP contribution in [-0.4, -0.2) is 31.9 Å². The van der Waals surface area contributed by atoms with Crippen LogP contribution >= 0.6 is 11.6 Å². The summed E-state index contributed by atoms with van der Waals surface area (Å²) >= 11 is 6.00. The second-order valence-electron chi connectivity index (χ2n) is 4.55. The minimum atomic E-state index is -0.00364. The first-order valence-electron chi connectivity index (χ1n) is 6.06. The molecule has 0 unspecified atom stereocenters. The second kappa shape index (κ2) is 4.66. The van der Waals surface area contributed by atoms with E-state index in [-0.39, 0.29) is 5.91 Å². The lowest BCUT2D eigenvalue weighted by Gasteiger charge is -2.27. The zero-order chi connectivity index (χ0) is 13.4. The molecule has 0 bridgehead atoms. The highest BCUT2D eigenvalue weighted by Gasteiger charge is 2.25. The van der Waals surface area contributed by atoms with E-state index in [1.165, 1.54) is 0 Å². The molecular weight excluding hydrogens is 264 g/mol. The highest BCUT2D eigenvalue weighted by Crippen LogP contribution is 2.22. The summed E-state index contributed by atoms with van der Waals surface area (Å²) in [5.74, 6) is -0.00364. The summed E-state index contributed by atoms with van der Waals surface area (Å²) in [5, 5.41) is 0.473. The maximum atomic E-state index is 12.4. The molecule has 0 radical (unpaired) electrons. The van der Waals surface area contributed by atoms with Crippen molar-refractivity contribution in [2.75, 3.05) is 6.54 Å². The molecule has 5 nitrogen and oxygen atoms in total. The Hall–Kier alpha value is -1.88. The van der Waals surface area contributed by atoms with Crippen LogP contribution in [0.4, 0.5) is 0 Å². The summed E-state index contributed by atoms with van der Waals surface area (Å²) in [6, 6.07) is 3.55. The molecule has 0 fully saturated rings. The van der Waals surface area contributed by atoms with E-state index in [1.54, 1.807) is 29.4 Å². The van der Waals surface area contributed by atoms with Crippen molar-refractivity contribution in [3.63, 3.8) is 0 Å². The first-order valence-corrected chi connectivity index (χ1v) is 6.44. The fourth-order valence-corrected chi connectivity index (χ4v) is 2.50. The third-order valence-corrected chi connectivity index (χ3v) is 3.73. The lowest BCUT2D eigenvalue weighted by Crippen LogP contribution is -2.36. The normalized spacial score (nSPS) is 14.3. The summed E-state index contributed by atoms with van der Waals surface area (Å²) in [6.07, 6.45) is 3.99. The monoisotopic (exact) mass is 276 g/mol. The van der Waals surface area contributed by atoms with Crippen LogP contribution in [0.5, 0.6) is 0 Å².